The lowest BCUT2D eigenvalue weighted by atomic mass is 9.98. The van der Waals surface area contributed by atoms with E-state index in [0.717, 1.165) is 27.2 Å². The van der Waals surface area contributed by atoms with Crippen LogP contribution in [0.15, 0.2) is 48.5 Å². The lowest BCUT2D eigenvalue weighted by Gasteiger charge is -2.27. The van der Waals surface area contributed by atoms with E-state index < -0.39 is 24.7 Å². The minimum absolute atomic E-state index is 0.0952. The molecule has 1 atom stereocenters. The number of fused-ring (bicyclic) bond motifs is 3. The van der Waals surface area contributed by atoms with E-state index in [9.17, 15) is 19.8 Å². The van der Waals surface area contributed by atoms with E-state index in [1.54, 1.807) is 0 Å². The van der Waals surface area contributed by atoms with Gasteiger partial charge in [-0.25, -0.2) is 9.59 Å². The van der Waals surface area contributed by atoms with Gasteiger partial charge in [0.1, 0.15) is 6.61 Å². The van der Waals surface area contributed by atoms with E-state index in [0.29, 0.717) is 6.42 Å². The topological polar surface area (TPSA) is 87.1 Å². The molecule has 3 rings (SSSR count). The standard InChI is InChI=1S/C21H23NO5/c1-2-11-22(19(12-23)20(24)25)21(26)27-13-18-16-9-5-3-7-14(16)15-8-4-6-10-17(15)18/h3-10,18-19,23H,2,11-13H2,1H3,(H,24,25)/t19-/m0/s1. The summed E-state index contributed by atoms with van der Waals surface area (Å²) < 4.78 is 5.50. The molecular weight excluding hydrogens is 346 g/mol. The fourth-order valence-electron chi connectivity index (χ4n) is 3.60. The van der Waals surface area contributed by atoms with Crippen LogP contribution in [-0.4, -0.2) is 53.0 Å². The van der Waals surface area contributed by atoms with Crippen molar-refractivity contribution in [1.82, 2.24) is 4.90 Å². The van der Waals surface area contributed by atoms with Gasteiger partial charge in [0.25, 0.3) is 0 Å². The number of amides is 1. The number of nitrogens with zero attached hydrogens (tertiary/aromatic N) is 1. The van der Waals surface area contributed by atoms with Crippen LogP contribution in [0.3, 0.4) is 0 Å². The Hall–Kier alpha value is -2.86. The molecule has 0 radical (unpaired) electrons. The molecule has 1 aliphatic carbocycles. The molecule has 0 unspecified atom stereocenters. The third-order valence-electron chi connectivity index (χ3n) is 4.87. The van der Waals surface area contributed by atoms with Gasteiger partial charge < -0.3 is 14.9 Å². The van der Waals surface area contributed by atoms with Gasteiger partial charge >= 0.3 is 12.1 Å². The molecule has 142 valence electrons. The summed E-state index contributed by atoms with van der Waals surface area (Å²) in [5.41, 5.74) is 4.42. The van der Waals surface area contributed by atoms with Crippen LogP contribution < -0.4 is 0 Å². The highest BCUT2D eigenvalue weighted by Crippen LogP contribution is 2.44. The molecular formula is C21H23NO5. The molecule has 2 aromatic carbocycles. The van der Waals surface area contributed by atoms with Crippen molar-refractivity contribution in [2.45, 2.75) is 25.3 Å². The molecule has 0 heterocycles. The van der Waals surface area contributed by atoms with Gasteiger partial charge in [-0.1, -0.05) is 55.5 Å². The first kappa shape index (κ1) is 18.9. The van der Waals surface area contributed by atoms with E-state index in [4.69, 9.17) is 4.74 Å². The van der Waals surface area contributed by atoms with Crippen LogP contribution in [0.5, 0.6) is 0 Å². The molecule has 0 bridgehead atoms. The molecule has 1 amide bonds. The number of carbonyl (C=O) groups is 2. The van der Waals surface area contributed by atoms with Crippen LogP contribution in [0.2, 0.25) is 0 Å². The number of hydrogen-bond acceptors (Lipinski definition) is 4. The zero-order valence-corrected chi connectivity index (χ0v) is 15.2. The second kappa shape index (κ2) is 8.22. The van der Waals surface area contributed by atoms with Crippen molar-refractivity contribution in [3.05, 3.63) is 59.7 Å². The third kappa shape index (κ3) is 3.66. The van der Waals surface area contributed by atoms with E-state index in [2.05, 4.69) is 0 Å². The average Bonchev–Trinajstić information content (AvgIpc) is 3.00. The fourth-order valence-corrected chi connectivity index (χ4v) is 3.60. The Morgan fingerprint density at radius 2 is 1.63 bits per heavy atom. The van der Waals surface area contributed by atoms with Crippen LogP contribution >= 0.6 is 0 Å². The molecule has 2 N–H and O–H groups in total. The summed E-state index contributed by atoms with van der Waals surface area (Å²) in [6.45, 7) is 1.50. The highest BCUT2D eigenvalue weighted by atomic mass is 16.6. The molecule has 2 aromatic rings. The Labute approximate surface area is 158 Å². The van der Waals surface area contributed by atoms with Gasteiger partial charge in [0.2, 0.25) is 0 Å². The first-order valence-electron chi connectivity index (χ1n) is 9.03. The highest BCUT2D eigenvalue weighted by Gasteiger charge is 2.32. The zero-order valence-electron chi connectivity index (χ0n) is 15.2. The maximum Gasteiger partial charge on any atom is 0.410 e. The Balaban J connectivity index is 1.79. The minimum Gasteiger partial charge on any atom is -0.480 e. The fraction of sp³-hybridized carbons (Fsp3) is 0.333. The van der Waals surface area contributed by atoms with Gasteiger partial charge in [0.15, 0.2) is 6.04 Å². The number of aliphatic carboxylic acids is 1. The number of ether oxygens (including phenoxy) is 1. The molecule has 0 fully saturated rings. The average molecular weight is 369 g/mol. The van der Waals surface area contributed by atoms with Crippen LogP contribution in [0.1, 0.15) is 30.4 Å². The second-order valence-corrected chi connectivity index (χ2v) is 6.53. The maximum atomic E-state index is 12.5. The predicted octanol–water partition coefficient (Wildman–Crippen LogP) is 3.09. The summed E-state index contributed by atoms with van der Waals surface area (Å²) in [6, 6.07) is 14.7. The van der Waals surface area contributed by atoms with Crippen LogP contribution in [0, 0.1) is 0 Å². The number of carbonyl (C=O) groups excluding carboxylic acids is 1. The number of hydrogen-bond donors (Lipinski definition) is 2. The molecule has 1 aliphatic rings. The molecule has 27 heavy (non-hydrogen) atoms. The Kier molecular flexibility index (Phi) is 5.76. The summed E-state index contributed by atoms with van der Waals surface area (Å²) in [7, 11) is 0. The first-order chi connectivity index (χ1) is 13.1. The van der Waals surface area contributed by atoms with E-state index in [1.807, 2.05) is 55.5 Å². The van der Waals surface area contributed by atoms with Crippen LogP contribution in [-0.2, 0) is 9.53 Å². The second-order valence-electron chi connectivity index (χ2n) is 6.53. The summed E-state index contributed by atoms with van der Waals surface area (Å²) in [6.07, 6.45) is -0.159. The minimum atomic E-state index is -1.30. The molecule has 0 aliphatic heterocycles. The maximum absolute atomic E-state index is 12.5. The summed E-state index contributed by atoms with van der Waals surface area (Å²) in [4.78, 5) is 25.0. The smallest absolute Gasteiger partial charge is 0.410 e. The SMILES string of the molecule is CCCN(C(=O)OCC1c2ccccc2-c2ccccc21)[C@@H](CO)C(=O)O. The number of aliphatic hydroxyl groups is 1. The quantitative estimate of drug-likeness (QED) is 0.783. The monoisotopic (exact) mass is 369 g/mol. The van der Waals surface area contributed by atoms with Crippen molar-refractivity contribution in [2.24, 2.45) is 0 Å². The summed E-state index contributed by atoms with van der Waals surface area (Å²) in [5.74, 6) is -1.35. The zero-order chi connectivity index (χ0) is 19.4. The number of carboxylic acids is 1. The number of benzene rings is 2. The van der Waals surface area contributed by atoms with Gasteiger partial charge in [-0.2, -0.15) is 0 Å². The largest absolute Gasteiger partial charge is 0.480 e. The van der Waals surface area contributed by atoms with Crippen LogP contribution in [0.25, 0.3) is 11.1 Å². The Morgan fingerprint density at radius 3 is 2.11 bits per heavy atom. The Bertz CT molecular complexity index is 789. The van der Waals surface area contributed by atoms with Crippen molar-refractivity contribution in [1.29, 1.82) is 0 Å². The normalized spacial score (nSPS) is 13.6. The van der Waals surface area contributed by atoms with E-state index >= 15 is 0 Å². The van der Waals surface area contributed by atoms with E-state index in [1.165, 1.54) is 0 Å². The highest BCUT2D eigenvalue weighted by molar-refractivity contribution is 5.81. The first-order valence-corrected chi connectivity index (χ1v) is 9.03. The predicted molar refractivity (Wildman–Crippen MR) is 101 cm³/mol. The third-order valence-corrected chi connectivity index (χ3v) is 4.87. The van der Waals surface area contributed by atoms with Crippen molar-refractivity contribution in [3.63, 3.8) is 0 Å². The van der Waals surface area contributed by atoms with E-state index in [-0.39, 0.29) is 19.1 Å². The lowest BCUT2D eigenvalue weighted by molar-refractivity contribution is -0.144. The van der Waals surface area contributed by atoms with Gasteiger partial charge in [0, 0.05) is 12.5 Å². The molecule has 0 saturated heterocycles. The summed E-state index contributed by atoms with van der Waals surface area (Å²) in [5, 5.41) is 18.6. The molecule has 0 aromatic heterocycles. The molecule has 0 spiro atoms. The molecule has 0 saturated carbocycles. The summed E-state index contributed by atoms with van der Waals surface area (Å²) >= 11 is 0. The van der Waals surface area contributed by atoms with Crippen molar-refractivity contribution in [2.75, 3.05) is 19.8 Å². The molecule has 6 heteroatoms. The van der Waals surface area contributed by atoms with Crippen molar-refractivity contribution >= 4 is 12.1 Å². The number of aliphatic hydroxyl groups excluding tert-OH is 1. The van der Waals surface area contributed by atoms with Gasteiger partial charge in [0.05, 0.1) is 6.61 Å². The number of rotatable bonds is 7. The Morgan fingerprint density at radius 1 is 1.07 bits per heavy atom. The lowest BCUT2D eigenvalue weighted by Crippen LogP contribution is -2.48. The molecule has 6 nitrogen and oxygen atoms in total. The van der Waals surface area contributed by atoms with Crippen LogP contribution in [0.4, 0.5) is 4.79 Å². The van der Waals surface area contributed by atoms with Gasteiger partial charge in [-0.05, 0) is 28.7 Å². The van der Waals surface area contributed by atoms with Gasteiger partial charge in [-0.15, -0.1) is 0 Å². The number of carboxylic acid groups (broad SMARTS) is 1. The van der Waals surface area contributed by atoms with Crippen molar-refractivity contribution in [3.8, 4) is 11.1 Å². The van der Waals surface area contributed by atoms with Gasteiger partial charge in [-0.3, -0.25) is 4.90 Å². The van der Waals surface area contributed by atoms with Crippen molar-refractivity contribution < 1.29 is 24.5 Å².